The van der Waals surface area contributed by atoms with Gasteiger partial charge in [0.2, 0.25) is 5.75 Å². The zero-order valence-corrected chi connectivity index (χ0v) is 15.4. The number of para-hydroxylation sites is 3. The standard InChI is InChI=1S/C20H25NO5/c1-14(19-13-25-15-7-4-5-8-16(15)26-19)21-11-12-24-20-17(22-2)9-6-10-18(20)23-3/h4-10,14,19,21H,11-13H2,1-3H3/t14-,19+/m1/s1. The Balaban J connectivity index is 1.49. The molecule has 0 bridgehead atoms. The summed E-state index contributed by atoms with van der Waals surface area (Å²) in [7, 11) is 3.22. The first-order chi connectivity index (χ1) is 12.7. The van der Waals surface area contributed by atoms with Gasteiger partial charge in [0.05, 0.1) is 14.2 Å². The van der Waals surface area contributed by atoms with Crippen molar-refractivity contribution in [1.82, 2.24) is 5.32 Å². The van der Waals surface area contributed by atoms with Crippen molar-refractivity contribution in [3.63, 3.8) is 0 Å². The van der Waals surface area contributed by atoms with E-state index in [0.29, 0.717) is 37.0 Å². The third-order valence-corrected chi connectivity index (χ3v) is 4.29. The van der Waals surface area contributed by atoms with E-state index in [1.54, 1.807) is 14.2 Å². The Bertz CT molecular complexity index is 699. The number of nitrogens with one attached hydrogen (secondary N) is 1. The van der Waals surface area contributed by atoms with E-state index in [2.05, 4.69) is 12.2 Å². The Labute approximate surface area is 154 Å². The molecule has 0 unspecified atom stereocenters. The topological polar surface area (TPSA) is 58.2 Å². The molecular weight excluding hydrogens is 334 g/mol. The summed E-state index contributed by atoms with van der Waals surface area (Å²) in [5.74, 6) is 3.49. The fourth-order valence-electron chi connectivity index (χ4n) is 2.81. The fraction of sp³-hybridized carbons (Fsp3) is 0.400. The lowest BCUT2D eigenvalue weighted by atomic mass is 10.1. The third kappa shape index (κ3) is 4.14. The van der Waals surface area contributed by atoms with Crippen molar-refractivity contribution in [2.45, 2.75) is 19.1 Å². The predicted molar refractivity (Wildman–Crippen MR) is 98.9 cm³/mol. The molecule has 0 spiro atoms. The molecule has 0 radical (unpaired) electrons. The van der Waals surface area contributed by atoms with Crippen molar-refractivity contribution < 1.29 is 23.7 Å². The van der Waals surface area contributed by atoms with Crippen LogP contribution in [-0.4, -0.2) is 46.1 Å². The highest BCUT2D eigenvalue weighted by molar-refractivity contribution is 5.51. The van der Waals surface area contributed by atoms with Crippen LogP contribution in [0, 0.1) is 0 Å². The molecule has 0 amide bonds. The van der Waals surface area contributed by atoms with Crippen LogP contribution in [0.3, 0.4) is 0 Å². The highest BCUT2D eigenvalue weighted by Gasteiger charge is 2.25. The minimum absolute atomic E-state index is 0.0503. The fourth-order valence-corrected chi connectivity index (χ4v) is 2.81. The van der Waals surface area contributed by atoms with Crippen LogP contribution in [0.5, 0.6) is 28.7 Å². The van der Waals surface area contributed by atoms with E-state index in [1.807, 2.05) is 42.5 Å². The highest BCUT2D eigenvalue weighted by Crippen LogP contribution is 2.36. The molecule has 0 aliphatic carbocycles. The first kappa shape index (κ1) is 18.2. The zero-order chi connectivity index (χ0) is 18.4. The molecule has 0 aromatic heterocycles. The van der Waals surface area contributed by atoms with Gasteiger partial charge >= 0.3 is 0 Å². The average molecular weight is 359 g/mol. The van der Waals surface area contributed by atoms with Gasteiger partial charge in [0.15, 0.2) is 23.0 Å². The molecule has 0 fully saturated rings. The summed E-state index contributed by atoms with van der Waals surface area (Å²) < 4.78 is 28.3. The second kappa shape index (κ2) is 8.67. The molecular formula is C20H25NO5. The second-order valence-corrected chi connectivity index (χ2v) is 6.00. The number of methoxy groups -OCH3 is 2. The first-order valence-corrected chi connectivity index (χ1v) is 8.68. The van der Waals surface area contributed by atoms with Gasteiger partial charge in [-0.25, -0.2) is 0 Å². The summed E-state index contributed by atoms with van der Waals surface area (Å²) >= 11 is 0. The molecule has 1 aliphatic heterocycles. The number of benzene rings is 2. The van der Waals surface area contributed by atoms with Gasteiger partial charge in [-0.1, -0.05) is 18.2 Å². The normalized spacial score (nSPS) is 16.7. The zero-order valence-electron chi connectivity index (χ0n) is 15.4. The van der Waals surface area contributed by atoms with E-state index in [-0.39, 0.29) is 12.1 Å². The van der Waals surface area contributed by atoms with Crippen LogP contribution < -0.4 is 29.0 Å². The lowest BCUT2D eigenvalue weighted by molar-refractivity contribution is 0.0656. The van der Waals surface area contributed by atoms with Gasteiger partial charge in [-0.15, -0.1) is 0 Å². The molecule has 140 valence electrons. The van der Waals surface area contributed by atoms with Crippen molar-refractivity contribution >= 4 is 0 Å². The summed E-state index contributed by atoms with van der Waals surface area (Å²) in [4.78, 5) is 0. The summed E-state index contributed by atoms with van der Waals surface area (Å²) in [5.41, 5.74) is 0. The van der Waals surface area contributed by atoms with Gasteiger partial charge in [-0.2, -0.15) is 0 Å². The molecule has 1 aliphatic rings. The van der Waals surface area contributed by atoms with Crippen LogP contribution in [0.1, 0.15) is 6.92 Å². The minimum atomic E-state index is -0.0503. The number of rotatable bonds is 8. The second-order valence-electron chi connectivity index (χ2n) is 6.00. The molecule has 2 aromatic rings. The number of hydrogen-bond acceptors (Lipinski definition) is 6. The van der Waals surface area contributed by atoms with Gasteiger partial charge in [-0.05, 0) is 31.2 Å². The highest BCUT2D eigenvalue weighted by atomic mass is 16.6. The van der Waals surface area contributed by atoms with Crippen molar-refractivity contribution in [3.8, 4) is 28.7 Å². The molecule has 1 heterocycles. The monoisotopic (exact) mass is 359 g/mol. The van der Waals surface area contributed by atoms with Gasteiger partial charge in [0.25, 0.3) is 0 Å². The third-order valence-electron chi connectivity index (χ3n) is 4.29. The molecule has 2 atom stereocenters. The number of hydrogen-bond donors (Lipinski definition) is 1. The van der Waals surface area contributed by atoms with E-state index in [9.17, 15) is 0 Å². The molecule has 1 N–H and O–H groups in total. The van der Waals surface area contributed by atoms with Gasteiger partial charge < -0.3 is 29.0 Å². The van der Waals surface area contributed by atoms with Crippen LogP contribution >= 0.6 is 0 Å². The average Bonchev–Trinajstić information content (AvgIpc) is 2.70. The van der Waals surface area contributed by atoms with Crippen molar-refractivity contribution in [2.24, 2.45) is 0 Å². The largest absolute Gasteiger partial charge is 0.493 e. The van der Waals surface area contributed by atoms with Crippen LogP contribution in [0.4, 0.5) is 0 Å². The molecule has 0 saturated heterocycles. The van der Waals surface area contributed by atoms with Crippen LogP contribution in [0.25, 0.3) is 0 Å². The quantitative estimate of drug-likeness (QED) is 0.732. The maximum Gasteiger partial charge on any atom is 0.203 e. The first-order valence-electron chi connectivity index (χ1n) is 8.68. The maximum atomic E-state index is 6.01. The Morgan fingerprint density at radius 3 is 2.42 bits per heavy atom. The van der Waals surface area contributed by atoms with Crippen LogP contribution in [0.2, 0.25) is 0 Å². The van der Waals surface area contributed by atoms with E-state index in [4.69, 9.17) is 23.7 Å². The predicted octanol–water partition coefficient (Wildman–Crippen LogP) is 2.90. The van der Waals surface area contributed by atoms with Crippen LogP contribution in [0.15, 0.2) is 42.5 Å². The Kier molecular flexibility index (Phi) is 6.07. The Hall–Kier alpha value is -2.60. The molecule has 3 rings (SSSR count). The van der Waals surface area contributed by atoms with Crippen molar-refractivity contribution in [1.29, 1.82) is 0 Å². The summed E-state index contributed by atoms with van der Waals surface area (Å²) in [6, 6.07) is 13.4. The molecule has 2 aromatic carbocycles. The molecule has 6 nitrogen and oxygen atoms in total. The number of fused-ring (bicyclic) bond motifs is 1. The lowest BCUT2D eigenvalue weighted by Gasteiger charge is -2.31. The van der Waals surface area contributed by atoms with Gasteiger partial charge in [-0.3, -0.25) is 0 Å². The van der Waals surface area contributed by atoms with Crippen molar-refractivity contribution in [3.05, 3.63) is 42.5 Å². The van der Waals surface area contributed by atoms with E-state index < -0.39 is 0 Å². The van der Waals surface area contributed by atoms with Gasteiger partial charge in [0.1, 0.15) is 19.3 Å². The maximum absolute atomic E-state index is 6.01. The molecule has 6 heteroatoms. The van der Waals surface area contributed by atoms with E-state index >= 15 is 0 Å². The number of ether oxygens (including phenoxy) is 5. The molecule has 26 heavy (non-hydrogen) atoms. The summed E-state index contributed by atoms with van der Waals surface area (Å²) in [6.07, 6.45) is -0.0503. The van der Waals surface area contributed by atoms with E-state index in [1.165, 1.54) is 0 Å². The summed E-state index contributed by atoms with van der Waals surface area (Å²) in [6.45, 7) is 3.73. The van der Waals surface area contributed by atoms with Crippen molar-refractivity contribution in [2.75, 3.05) is 34.0 Å². The smallest absolute Gasteiger partial charge is 0.203 e. The molecule has 0 saturated carbocycles. The SMILES string of the molecule is COc1cccc(OC)c1OCCN[C@H](C)[C@@H]1COc2ccccc2O1. The Morgan fingerprint density at radius 1 is 1.04 bits per heavy atom. The lowest BCUT2D eigenvalue weighted by Crippen LogP contribution is -2.47. The van der Waals surface area contributed by atoms with E-state index in [0.717, 1.165) is 11.5 Å². The Morgan fingerprint density at radius 2 is 1.73 bits per heavy atom. The van der Waals surface area contributed by atoms with Gasteiger partial charge in [0, 0.05) is 12.6 Å². The van der Waals surface area contributed by atoms with Crippen LogP contribution in [-0.2, 0) is 0 Å². The minimum Gasteiger partial charge on any atom is -0.493 e. The summed E-state index contributed by atoms with van der Waals surface area (Å²) in [5, 5.41) is 3.42.